The normalized spacial score (nSPS) is 13.3. The van der Waals surface area contributed by atoms with Crippen molar-refractivity contribution in [3.8, 4) is 50.5 Å². The Morgan fingerprint density at radius 2 is 1.13 bits per heavy atom. The number of rotatable bonds is 4. The Labute approximate surface area is 315 Å². The van der Waals surface area contributed by atoms with Crippen LogP contribution in [-0.4, -0.2) is 9.55 Å². The number of hydrogen-bond acceptors (Lipinski definition) is 1. The van der Waals surface area contributed by atoms with Crippen LogP contribution < -0.4 is 0 Å². The van der Waals surface area contributed by atoms with Gasteiger partial charge in [0.1, 0.15) is 5.82 Å². The fourth-order valence-electron chi connectivity index (χ4n) is 9.62. The maximum atomic E-state index is 5.08. The Morgan fingerprint density at radius 1 is 0.481 bits per heavy atom. The van der Waals surface area contributed by atoms with E-state index in [4.69, 9.17) is 4.98 Å². The summed E-state index contributed by atoms with van der Waals surface area (Å²) >= 11 is 0. The number of imidazole rings is 1. The summed E-state index contributed by atoms with van der Waals surface area (Å²) in [6.45, 7) is 9.29. The molecule has 0 spiro atoms. The van der Waals surface area contributed by atoms with Gasteiger partial charge in [0.25, 0.3) is 0 Å². The van der Waals surface area contributed by atoms with Crippen LogP contribution >= 0.6 is 0 Å². The van der Waals surface area contributed by atoms with Gasteiger partial charge in [-0.3, -0.25) is 4.57 Å². The van der Waals surface area contributed by atoms with Crippen molar-refractivity contribution in [3.05, 3.63) is 180 Å². The van der Waals surface area contributed by atoms with Crippen molar-refractivity contribution in [2.75, 3.05) is 0 Å². The summed E-state index contributed by atoms with van der Waals surface area (Å²) < 4.78 is 2.26. The molecule has 0 atom stereocenters. The summed E-state index contributed by atoms with van der Waals surface area (Å²) in [6.07, 6.45) is 0. The maximum absolute atomic E-state index is 5.08. The van der Waals surface area contributed by atoms with Gasteiger partial charge in [0.2, 0.25) is 0 Å². The number of para-hydroxylation sites is 3. The van der Waals surface area contributed by atoms with Gasteiger partial charge in [-0.1, -0.05) is 141 Å². The number of benzene rings is 9. The van der Waals surface area contributed by atoms with Crippen molar-refractivity contribution in [3.63, 3.8) is 0 Å². The molecule has 1 aromatic heterocycles. The molecule has 256 valence electrons. The third-order valence-electron chi connectivity index (χ3n) is 12.2. The van der Waals surface area contributed by atoms with E-state index in [9.17, 15) is 0 Å². The predicted octanol–water partition coefficient (Wildman–Crippen LogP) is 13.8. The standard InChI is InChI=1S/C52H38N2/c1-31-28-35(33-18-20-34(21-19-33)51-53-45-16-10-11-17-46(45)54(51)38-12-6-5-7-13-38)22-25-39(31)47-32(2)29-36-23-27-42-49-37(24-26-41(47)48(36)49)30-44-50(42)40-14-8-9-15-43(40)52(44,3)4/h5-30H,1-4H3. The minimum atomic E-state index is -0.0314. The lowest BCUT2D eigenvalue weighted by molar-refractivity contribution is 0.661. The van der Waals surface area contributed by atoms with Crippen molar-refractivity contribution in [2.45, 2.75) is 33.1 Å². The van der Waals surface area contributed by atoms with E-state index in [1.165, 1.54) is 88.0 Å². The van der Waals surface area contributed by atoms with Gasteiger partial charge in [-0.25, -0.2) is 4.98 Å². The lowest BCUT2D eigenvalue weighted by Crippen LogP contribution is -2.14. The minimum Gasteiger partial charge on any atom is -0.292 e. The van der Waals surface area contributed by atoms with E-state index in [0.717, 1.165) is 28.1 Å². The second-order valence-electron chi connectivity index (χ2n) is 15.7. The van der Waals surface area contributed by atoms with Gasteiger partial charge in [-0.15, -0.1) is 0 Å². The molecule has 0 unspecified atom stereocenters. The molecular weight excluding hydrogens is 653 g/mol. The topological polar surface area (TPSA) is 17.8 Å². The van der Waals surface area contributed by atoms with Crippen LogP contribution in [0.5, 0.6) is 0 Å². The number of aryl methyl sites for hydroxylation is 2. The van der Waals surface area contributed by atoms with Crippen molar-refractivity contribution >= 4 is 43.4 Å². The molecule has 10 aromatic rings. The van der Waals surface area contributed by atoms with Gasteiger partial charge in [0, 0.05) is 16.7 Å². The molecule has 1 heterocycles. The van der Waals surface area contributed by atoms with E-state index in [0.29, 0.717) is 0 Å². The number of aromatic nitrogens is 2. The number of hydrogen-bond donors (Lipinski definition) is 0. The van der Waals surface area contributed by atoms with E-state index < -0.39 is 0 Å². The second kappa shape index (κ2) is 11.2. The molecule has 0 N–H and O–H groups in total. The average molecular weight is 691 g/mol. The molecule has 9 aromatic carbocycles. The Bertz CT molecular complexity index is 3120. The summed E-state index contributed by atoms with van der Waals surface area (Å²) in [5.41, 5.74) is 17.5. The highest BCUT2D eigenvalue weighted by atomic mass is 15.1. The first kappa shape index (κ1) is 31.1. The molecule has 1 aliphatic carbocycles. The number of nitrogens with zero attached hydrogens (tertiary/aromatic N) is 2. The number of fused-ring (bicyclic) bond motifs is 5. The first-order chi connectivity index (χ1) is 26.4. The molecule has 0 bridgehead atoms. The van der Waals surface area contributed by atoms with Gasteiger partial charge < -0.3 is 0 Å². The van der Waals surface area contributed by atoms with Crippen molar-refractivity contribution in [2.24, 2.45) is 0 Å². The Kier molecular flexibility index (Phi) is 6.47. The zero-order valence-electron chi connectivity index (χ0n) is 30.9. The van der Waals surface area contributed by atoms with Crippen LogP contribution in [0.25, 0.3) is 93.8 Å². The Balaban J connectivity index is 1.02. The summed E-state index contributed by atoms with van der Waals surface area (Å²) in [5.74, 6) is 0.947. The second-order valence-corrected chi connectivity index (χ2v) is 15.7. The lowest BCUT2D eigenvalue weighted by atomic mass is 9.80. The van der Waals surface area contributed by atoms with Crippen LogP contribution in [0.1, 0.15) is 36.1 Å². The Hall–Kier alpha value is -6.51. The van der Waals surface area contributed by atoms with Gasteiger partial charge in [0.05, 0.1) is 11.0 Å². The maximum Gasteiger partial charge on any atom is 0.145 e. The van der Waals surface area contributed by atoms with Gasteiger partial charge in [-0.2, -0.15) is 0 Å². The van der Waals surface area contributed by atoms with Gasteiger partial charge >= 0.3 is 0 Å². The Morgan fingerprint density at radius 3 is 1.91 bits per heavy atom. The molecule has 0 amide bonds. The van der Waals surface area contributed by atoms with Crippen LogP contribution in [0.15, 0.2) is 158 Å². The van der Waals surface area contributed by atoms with Gasteiger partial charge in [0.15, 0.2) is 0 Å². The van der Waals surface area contributed by atoms with Crippen molar-refractivity contribution in [1.82, 2.24) is 9.55 Å². The molecule has 0 aliphatic heterocycles. The van der Waals surface area contributed by atoms with E-state index in [2.05, 4.69) is 190 Å². The molecular formula is C52H38N2. The molecule has 11 rings (SSSR count). The summed E-state index contributed by atoms with van der Waals surface area (Å²) in [6, 6.07) is 58.1. The van der Waals surface area contributed by atoms with E-state index in [-0.39, 0.29) is 5.41 Å². The first-order valence-electron chi connectivity index (χ1n) is 19.0. The summed E-state index contributed by atoms with van der Waals surface area (Å²) in [4.78, 5) is 5.08. The minimum absolute atomic E-state index is 0.0314. The monoisotopic (exact) mass is 690 g/mol. The molecule has 1 aliphatic rings. The molecule has 0 saturated carbocycles. The fraction of sp³-hybridized carbons (Fsp3) is 0.0962. The molecule has 2 nitrogen and oxygen atoms in total. The first-order valence-corrected chi connectivity index (χ1v) is 19.0. The third kappa shape index (κ3) is 4.31. The third-order valence-corrected chi connectivity index (χ3v) is 12.2. The highest BCUT2D eigenvalue weighted by Crippen LogP contribution is 2.54. The SMILES string of the molecule is Cc1cc(-c2ccc(-c3nc4ccccc4n3-c3ccccc3)cc2)ccc1-c1c(C)cc2ccc3c4c(cc5ccc1c2c53)C(C)(C)c1ccccc1-4. The smallest absolute Gasteiger partial charge is 0.145 e. The molecule has 0 fully saturated rings. The highest BCUT2D eigenvalue weighted by Gasteiger charge is 2.37. The zero-order valence-corrected chi connectivity index (χ0v) is 30.9. The van der Waals surface area contributed by atoms with Gasteiger partial charge in [-0.05, 0) is 132 Å². The average Bonchev–Trinajstić information content (AvgIpc) is 3.70. The van der Waals surface area contributed by atoms with Crippen LogP contribution in [0.2, 0.25) is 0 Å². The van der Waals surface area contributed by atoms with E-state index in [1.807, 2.05) is 0 Å². The van der Waals surface area contributed by atoms with E-state index >= 15 is 0 Å². The van der Waals surface area contributed by atoms with Crippen molar-refractivity contribution < 1.29 is 0 Å². The van der Waals surface area contributed by atoms with Crippen LogP contribution in [0.3, 0.4) is 0 Å². The molecule has 0 radical (unpaired) electrons. The quantitative estimate of drug-likeness (QED) is 0.168. The van der Waals surface area contributed by atoms with Crippen LogP contribution in [0.4, 0.5) is 0 Å². The summed E-state index contributed by atoms with van der Waals surface area (Å²) in [7, 11) is 0. The molecule has 0 saturated heterocycles. The highest BCUT2D eigenvalue weighted by molar-refractivity contribution is 6.29. The van der Waals surface area contributed by atoms with Crippen LogP contribution in [-0.2, 0) is 5.41 Å². The predicted molar refractivity (Wildman–Crippen MR) is 228 cm³/mol. The van der Waals surface area contributed by atoms with Crippen molar-refractivity contribution in [1.29, 1.82) is 0 Å². The summed E-state index contributed by atoms with van der Waals surface area (Å²) in [5, 5.41) is 8.08. The van der Waals surface area contributed by atoms with E-state index in [1.54, 1.807) is 0 Å². The zero-order chi connectivity index (χ0) is 36.3. The lowest BCUT2D eigenvalue weighted by Gasteiger charge is -2.23. The van der Waals surface area contributed by atoms with Crippen LogP contribution in [0, 0.1) is 13.8 Å². The molecule has 54 heavy (non-hydrogen) atoms. The fourth-order valence-corrected chi connectivity index (χ4v) is 9.62. The molecule has 2 heteroatoms. The largest absolute Gasteiger partial charge is 0.292 e.